The third-order valence-corrected chi connectivity index (χ3v) is 1.96. The van der Waals surface area contributed by atoms with E-state index < -0.39 is 5.97 Å². The summed E-state index contributed by atoms with van der Waals surface area (Å²) in [6, 6.07) is 3.17. The van der Waals surface area contributed by atoms with Crippen molar-refractivity contribution in [3.63, 3.8) is 0 Å². The van der Waals surface area contributed by atoms with Gasteiger partial charge in [0.15, 0.2) is 0 Å². The summed E-state index contributed by atoms with van der Waals surface area (Å²) in [6.07, 6.45) is 3.24. The van der Waals surface area contributed by atoms with Crippen molar-refractivity contribution in [2.24, 2.45) is 5.73 Å². The number of halogens is 2. The summed E-state index contributed by atoms with van der Waals surface area (Å²) in [6.45, 7) is 0.351. The molecule has 0 atom stereocenters. The molecule has 5 nitrogen and oxygen atoms in total. The van der Waals surface area contributed by atoms with Gasteiger partial charge in [-0.1, -0.05) is 0 Å². The number of nitrogens with two attached hydrogens (primary N) is 1. The molecule has 0 spiro atoms. The zero-order chi connectivity index (χ0) is 10.1. The fourth-order valence-corrected chi connectivity index (χ4v) is 1.27. The van der Waals surface area contributed by atoms with Crippen molar-refractivity contribution in [2.45, 2.75) is 6.54 Å². The molecule has 2 aromatic heterocycles. The third-order valence-electron chi connectivity index (χ3n) is 1.96. The first kappa shape index (κ1) is 14.7. The van der Waals surface area contributed by atoms with Gasteiger partial charge in [0.1, 0.15) is 5.65 Å². The van der Waals surface area contributed by atoms with Crippen LogP contribution >= 0.6 is 24.8 Å². The molecule has 0 aliphatic rings. The fourth-order valence-electron chi connectivity index (χ4n) is 1.27. The number of nitrogens with zero attached hydrogens (tertiary/aromatic N) is 2. The van der Waals surface area contributed by atoms with Gasteiger partial charge in [0.2, 0.25) is 0 Å². The molecule has 88 valence electrons. The van der Waals surface area contributed by atoms with Crippen LogP contribution in [0.1, 0.15) is 16.1 Å². The molecule has 0 aromatic carbocycles. The summed E-state index contributed by atoms with van der Waals surface area (Å²) < 4.78 is 1.66. The SMILES string of the molecule is Cl.Cl.NCc1cn2cc(C(=O)O)ccc2n1. The van der Waals surface area contributed by atoms with Gasteiger partial charge in [-0.25, -0.2) is 9.78 Å². The summed E-state index contributed by atoms with van der Waals surface area (Å²) in [7, 11) is 0. The molecule has 0 unspecified atom stereocenters. The average molecular weight is 264 g/mol. The largest absolute Gasteiger partial charge is 0.478 e. The fraction of sp³-hybridized carbons (Fsp3) is 0.111. The van der Waals surface area contributed by atoms with Crippen LogP contribution in [0, 0.1) is 0 Å². The van der Waals surface area contributed by atoms with Crippen LogP contribution in [0.4, 0.5) is 0 Å². The Kier molecular flexibility index (Phi) is 5.23. The number of carboxylic acid groups (broad SMARTS) is 1. The van der Waals surface area contributed by atoms with E-state index in [1.807, 2.05) is 0 Å². The first-order valence-corrected chi connectivity index (χ1v) is 4.11. The molecule has 2 heterocycles. The van der Waals surface area contributed by atoms with Crippen LogP contribution in [-0.4, -0.2) is 20.5 Å². The van der Waals surface area contributed by atoms with Crippen molar-refractivity contribution in [3.8, 4) is 0 Å². The molecule has 0 aliphatic carbocycles. The van der Waals surface area contributed by atoms with E-state index >= 15 is 0 Å². The number of hydrogen-bond donors (Lipinski definition) is 2. The van der Waals surface area contributed by atoms with Gasteiger partial charge in [-0.3, -0.25) is 0 Å². The molecule has 16 heavy (non-hydrogen) atoms. The van der Waals surface area contributed by atoms with E-state index in [0.29, 0.717) is 12.2 Å². The minimum Gasteiger partial charge on any atom is -0.478 e. The Bertz CT molecular complexity index is 498. The number of carboxylic acids is 1. The lowest BCUT2D eigenvalue weighted by molar-refractivity contribution is 0.0696. The van der Waals surface area contributed by atoms with Crippen LogP contribution in [0.3, 0.4) is 0 Å². The molecule has 0 radical (unpaired) electrons. The number of aromatic carboxylic acids is 1. The molecule has 0 aliphatic heterocycles. The van der Waals surface area contributed by atoms with Crippen LogP contribution in [0.25, 0.3) is 5.65 Å². The van der Waals surface area contributed by atoms with Gasteiger partial charge >= 0.3 is 5.97 Å². The van der Waals surface area contributed by atoms with Crippen molar-refractivity contribution < 1.29 is 9.90 Å². The Balaban J connectivity index is 0.00000112. The molecule has 3 N–H and O–H groups in total. The second-order valence-corrected chi connectivity index (χ2v) is 2.92. The predicted octanol–water partition coefficient (Wildman–Crippen LogP) is 1.33. The Labute approximate surface area is 104 Å². The molecule has 0 fully saturated rings. The number of pyridine rings is 1. The van der Waals surface area contributed by atoms with Gasteiger partial charge in [-0.2, -0.15) is 0 Å². The normalized spacial score (nSPS) is 9.31. The number of carbonyl (C=O) groups is 1. The molecule has 0 amide bonds. The van der Waals surface area contributed by atoms with Gasteiger partial charge in [-0.05, 0) is 12.1 Å². The zero-order valence-electron chi connectivity index (χ0n) is 8.16. The van der Waals surface area contributed by atoms with E-state index in [-0.39, 0.29) is 30.4 Å². The lowest BCUT2D eigenvalue weighted by Gasteiger charge is -1.95. The van der Waals surface area contributed by atoms with Gasteiger partial charge in [0.25, 0.3) is 0 Å². The van der Waals surface area contributed by atoms with E-state index in [2.05, 4.69) is 4.98 Å². The summed E-state index contributed by atoms with van der Waals surface area (Å²) >= 11 is 0. The lowest BCUT2D eigenvalue weighted by Crippen LogP contribution is -1.97. The first-order chi connectivity index (χ1) is 6.70. The smallest absolute Gasteiger partial charge is 0.337 e. The molecule has 7 heteroatoms. The van der Waals surface area contributed by atoms with Crippen LogP contribution in [0.5, 0.6) is 0 Å². The van der Waals surface area contributed by atoms with E-state index in [1.54, 1.807) is 16.7 Å². The molecule has 0 saturated carbocycles. The Morgan fingerprint density at radius 3 is 2.62 bits per heavy atom. The molecule has 2 rings (SSSR count). The number of aromatic nitrogens is 2. The number of rotatable bonds is 2. The first-order valence-electron chi connectivity index (χ1n) is 4.11. The predicted molar refractivity (Wildman–Crippen MR) is 64.5 cm³/mol. The highest BCUT2D eigenvalue weighted by molar-refractivity contribution is 5.87. The summed E-state index contributed by atoms with van der Waals surface area (Å²) in [5.74, 6) is -0.949. The number of fused-ring (bicyclic) bond motifs is 1. The van der Waals surface area contributed by atoms with Gasteiger partial charge in [0, 0.05) is 18.9 Å². The molecular formula is C9H11Cl2N3O2. The number of imidazole rings is 1. The minimum atomic E-state index is -0.949. The minimum absolute atomic E-state index is 0. The van der Waals surface area contributed by atoms with E-state index in [9.17, 15) is 4.79 Å². The summed E-state index contributed by atoms with van der Waals surface area (Å²) in [5, 5.41) is 8.75. The van der Waals surface area contributed by atoms with Crippen LogP contribution in [-0.2, 0) is 6.54 Å². The van der Waals surface area contributed by atoms with Crippen LogP contribution < -0.4 is 5.73 Å². The summed E-state index contributed by atoms with van der Waals surface area (Å²) in [5.41, 5.74) is 7.10. The zero-order valence-corrected chi connectivity index (χ0v) is 9.79. The van der Waals surface area contributed by atoms with E-state index in [0.717, 1.165) is 5.69 Å². The monoisotopic (exact) mass is 263 g/mol. The number of hydrogen-bond acceptors (Lipinski definition) is 3. The quantitative estimate of drug-likeness (QED) is 0.857. The Morgan fingerprint density at radius 1 is 1.38 bits per heavy atom. The van der Waals surface area contributed by atoms with Crippen molar-refractivity contribution in [2.75, 3.05) is 0 Å². The standard InChI is InChI=1S/C9H9N3O2.2ClH/c10-3-7-5-12-4-6(9(13)14)1-2-8(12)11-7;;/h1-2,4-5H,3,10H2,(H,13,14);2*1H. The maximum atomic E-state index is 10.7. The lowest BCUT2D eigenvalue weighted by atomic mass is 10.3. The maximum Gasteiger partial charge on any atom is 0.337 e. The highest BCUT2D eigenvalue weighted by Gasteiger charge is 2.05. The van der Waals surface area contributed by atoms with E-state index in [1.165, 1.54) is 12.3 Å². The second kappa shape index (κ2) is 5.69. The highest BCUT2D eigenvalue weighted by atomic mass is 35.5. The Hall–Kier alpha value is -1.30. The van der Waals surface area contributed by atoms with E-state index in [4.69, 9.17) is 10.8 Å². The van der Waals surface area contributed by atoms with Crippen molar-refractivity contribution in [1.29, 1.82) is 0 Å². The second-order valence-electron chi connectivity index (χ2n) is 2.92. The van der Waals surface area contributed by atoms with Crippen LogP contribution in [0.15, 0.2) is 24.5 Å². The molecule has 0 saturated heterocycles. The maximum absolute atomic E-state index is 10.7. The molecular weight excluding hydrogens is 253 g/mol. The molecule has 0 bridgehead atoms. The van der Waals surface area contributed by atoms with Crippen LogP contribution in [0.2, 0.25) is 0 Å². The van der Waals surface area contributed by atoms with Crippen molar-refractivity contribution >= 4 is 36.4 Å². The van der Waals surface area contributed by atoms with Crippen molar-refractivity contribution in [3.05, 3.63) is 35.8 Å². The van der Waals surface area contributed by atoms with Gasteiger partial charge in [0.05, 0.1) is 11.3 Å². The average Bonchev–Trinajstić information content (AvgIpc) is 2.58. The third kappa shape index (κ3) is 2.63. The van der Waals surface area contributed by atoms with Gasteiger partial charge in [-0.15, -0.1) is 24.8 Å². The Morgan fingerprint density at radius 2 is 2.06 bits per heavy atom. The highest BCUT2D eigenvalue weighted by Crippen LogP contribution is 2.07. The van der Waals surface area contributed by atoms with Crippen molar-refractivity contribution in [1.82, 2.24) is 9.38 Å². The topological polar surface area (TPSA) is 80.6 Å². The summed E-state index contributed by atoms with van der Waals surface area (Å²) in [4.78, 5) is 14.8. The molecule has 2 aromatic rings. The van der Waals surface area contributed by atoms with Gasteiger partial charge < -0.3 is 15.2 Å².